The summed E-state index contributed by atoms with van der Waals surface area (Å²) >= 11 is 0. The fourth-order valence-corrected chi connectivity index (χ4v) is 5.77. The Morgan fingerprint density at radius 3 is 0.914 bits per heavy atom. The van der Waals surface area contributed by atoms with Gasteiger partial charge in [0.2, 0.25) is 5.91 Å². The third-order valence-corrected chi connectivity index (χ3v) is 6.26. The van der Waals surface area contributed by atoms with Crippen molar-refractivity contribution in [2.75, 3.05) is 0 Å². The first kappa shape index (κ1) is 33.0. The van der Waals surface area contributed by atoms with Crippen molar-refractivity contribution in [1.82, 2.24) is 5.32 Å². The molecule has 0 saturated heterocycles. The topological polar surface area (TPSA) is 363 Å². The number of hydrogen-bond donors (Lipinski definition) is 11. The van der Waals surface area contributed by atoms with Gasteiger partial charge in [-0.25, -0.2) is 22.8 Å². The number of carbonyl (C=O) groups excluding carboxylic acids is 1. The van der Waals surface area contributed by atoms with Crippen molar-refractivity contribution in [2.24, 2.45) is 0 Å². The first-order chi connectivity index (χ1) is 15.3. The van der Waals surface area contributed by atoms with E-state index in [9.17, 15) is 76.6 Å². The molecular formula is C8H20NO21P5. The Balaban J connectivity index is 3.98. The minimum absolute atomic E-state index is 0.693. The first-order valence-corrected chi connectivity index (χ1v) is 15.9. The first-order valence-electron chi connectivity index (χ1n) is 8.25. The Hall–Kier alpha value is 0.0200. The van der Waals surface area contributed by atoms with E-state index in [1.807, 2.05) is 0 Å². The van der Waals surface area contributed by atoms with Crippen LogP contribution in [0.3, 0.4) is 0 Å². The van der Waals surface area contributed by atoms with Gasteiger partial charge in [-0.05, 0) is 0 Å². The van der Waals surface area contributed by atoms with Gasteiger partial charge in [0, 0.05) is 6.92 Å². The highest BCUT2D eigenvalue weighted by atomic mass is 31.2. The summed E-state index contributed by atoms with van der Waals surface area (Å²) in [6.07, 6.45) is -14.2. The molecule has 1 rings (SSSR count). The number of rotatable bonds is 11. The van der Waals surface area contributed by atoms with E-state index in [-0.39, 0.29) is 0 Å². The van der Waals surface area contributed by atoms with Crippen molar-refractivity contribution in [3.8, 4) is 0 Å². The summed E-state index contributed by atoms with van der Waals surface area (Å²) < 4.78 is 78.7. The van der Waals surface area contributed by atoms with Crippen molar-refractivity contribution < 1.29 is 99.2 Å². The molecule has 208 valence electrons. The van der Waals surface area contributed by atoms with Crippen LogP contribution in [0.1, 0.15) is 6.92 Å². The second kappa shape index (κ2) is 11.4. The van der Waals surface area contributed by atoms with Gasteiger partial charge in [0.1, 0.15) is 30.5 Å². The van der Waals surface area contributed by atoms with E-state index in [2.05, 4.69) is 22.6 Å². The molecule has 35 heavy (non-hydrogen) atoms. The van der Waals surface area contributed by atoms with Gasteiger partial charge in [-0.15, -0.1) is 0 Å². The molecule has 1 aliphatic carbocycles. The summed E-state index contributed by atoms with van der Waals surface area (Å²) in [6.45, 7) is 0.693. The highest BCUT2D eigenvalue weighted by Gasteiger charge is 2.61. The lowest BCUT2D eigenvalue weighted by Crippen LogP contribution is -2.70. The molecule has 0 aromatic heterocycles. The van der Waals surface area contributed by atoms with Crippen molar-refractivity contribution in [3.05, 3.63) is 0 Å². The van der Waals surface area contributed by atoms with Crippen LogP contribution in [0.4, 0.5) is 0 Å². The van der Waals surface area contributed by atoms with Crippen molar-refractivity contribution in [1.29, 1.82) is 0 Å². The number of nitrogens with one attached hydrogen (secondary N) is 1. The molecule has 11 N–H and O–H groups in total. The van der Waals surface area contributed by atoms with Crippen LogP contribution in [0, 0.1) is 0 Å². The number of phosphoric ester groups is 5. The molecule has 0 aliphatic heterocycles. The maximum atomic E-state index is 11.7. The highest BCUT2D eigenvalue weighted by Crippen LogP contribution is 2.54. The molecule has 22 nitrogen and oxygen atoms in total. The molecule has 0 aromatic carbocycles. The molecule has 0 spiro atoms. The summed E-state index contributed by atoms with van der Waals surface area (Å²) in [5, 5.41) is 1.75. The maximum Gasteiger partial charge on any atom is 0.470 e. The Morgan fingerprint density at radius 2 is 0.714 bits per heavy atom. The molecule has 1 fully saturated rings. The average Bonchev–Trinajstić information content (AvgIpc) is 2.51. The van der Waals surface area contributed by atoms with Gasteiger partial charge in [0.05, 0.1) is 6.04 Å². The molecule has 2 unspecified atom stereocenters. The number of carbonyl (C=O) groups is 1. The standard InChI is InChI=1S/C8H20NO21P5/c1-2(10)9-3-4(26-31(11,12)13)6(28-33(17,18)19)8(30-35(23,24)25)7(29-34(20,21)22)5(3)27-32(14,15)16/h3-8H,1H3,(H,9,10)(H2,11,12,13)(H2,14,15,16)(H2,17,18,19)(H2,20,21,22)(H2,23,24,25)/t3?,4-,5-,6-,7+,8?/m0/s1. The van der Waals surface area contributed by atoms with Gasteiger partial charge < -0.3 is 54.3 Å². The van der Waals surface area contributed by atoms with Gasteiger partial charge >= 0.3 is 39.1 Å². The maximum absolute atomic E-state index is 11.7. The normalized spacial score (nSPS) is 29.1. The summed E-state index contributed by atoms with van der Waals surface area (Å²) in [7, 11) is -29.2. The summed E-state index contributed by atoms with van der Waals surface area (Å²) in [4.78, 5) is 104. The molecule has 1 amide bonds. The molecule has 0 heterocycles. The van der Waals surface area contributed by atoms with Crippen molar-refractivity contribution >= 4 is 45.0 Å². The second-order valence-electron chi connectivity index (χ2n) is 6.53. The van der Waals surface area contributed by atoms with E-state index in [1.54, 1.807) is 5.32 Å². The molecule has 1 saturated carbocycles. The molecule has 0 aromatic rings. The minimum Gasteiger partial charge on any atom is -0.348 e. The average molecular weight is 621 g/mol. The van der Waals surface area contributed by atoms with Gasteiger partial charge in [-0.1, -0.05) is 0 Å². The highest BCUT2D eigenvalue weighted by molar-refractivity contribution is 7.47. The predicted molar refractivity (Wildman–Crippen MR) is 102 cm³/mol. The zero-order chi connectivity index (χ0) is 27.8. The fraction of sp³-hybridized carbons (Fsp3) is 0.875. The molecule has 1 aliphatic rings. The molecule has 0 bridgehead atoms. The molecule has 27 heteroatoms. The van der Waals surface area contributed by atoms with Gasteiger partial charge in [0.25, 0.3) is 0 Å². The number of amides is 1. The zero-order valence-electron chi connectivity index (χ0n) is 16.7. The summed E-state index contributed by atoms with van der Waals surface area (Å²) in [6, 6.07) is -2.45. The Kier molecular flexibility index (Phi) is 10.8. The van der Waals surface area contributed by atoms with Gasteiger partial charge in [0.15, 0.2) is 0 Å². The van der Waals surface area contributed by atoms with Gasteiger partial charge in [-0.2, -0.15) is 0 Å². The van der Waals surface area contributed by atoms with E-state index in [4.69, 9.17) is 0 Å². The third kappa shape index (κ3) is 12.4. The van der Waals surface area contributed by atoms with Crippen molar-refractivity contribution in [3.63, 3.8) is 0 Å². The summed E-state index contributed by atoms with van der Waals surface area (Å²) in [5.74, 6) is -1.21. The molecule has 6 atom stereocenters. The van der Waals surface area contributed by atoms with Crippen LogP contribution in [-0.4, -0.2) is 91.4 Å². The van der Waals surface area contributed by atoms with Gasteiger partial charge in [-0.3, -0.25) is 27.4 Å². The molecule has 0 radical (unpaired) electrons. The van der Waals surface area contributed by atoms with E-state index in [1.165, 1.54) is 0 Å². The van der Waals surface area contributed by atoms with Crippen LogP contribution >= 0.6 is 39.1 Å². The lowest BCUT2D eigenvalue weighted by molar-refractivity contribution is -0.174. The summed E-state index contributed by atoms with van der Waals surface area (Å²) in [5.41, 5.74) is 0. The van der Waals surface area contributed by atoms with Crippen LogP contribution in [0.15, 0.2) is 0 Å². The van der Waals surface area contributed by atoms with Crippen LogP contribution in [0.5, 0.6) is 0 Å². The van der Waals surface area contributed by atoms with Crippen LogP contribution in [-0.2, 0) is 50.2 Å². The fourth-order valence-electron chi connectivity index (χ4n) is 2.96. The smallest absolute Gasteiger partial charge is 0.348 e. The lowest BCUT2D eigenvalue weighted by atomic mass is 9.83. The Bertz CT molecular complexity index is 939. The van der Waals surface area contributed by atoms with E-state index >= 15 is 0 Å². The van der Waals surface area contributed by atoms with Crippen LogP contribution in [0.2, 0.25) is 0 Å². The minimum atomic E-state index is -5.89. The van der Waals surface area contributed by atoms with Crippen molar-refractivity contribution in [2.45, 2.75) is 43.5 Å². The Morgan fingerprint density at radius 1 is 0.514 bits per heavy atom. The van der Waals surface area contributed by atoms with E-state index in [0.717, 1.165) is 0 Å². The van der Waals surface area contributed by atoms with Crippen LogP contribution < -0.4 is 5.32 Å². The lowest BCUT2D eigenvalue weighted by Gasteiger charge is -2.48. The SMILES string of the molecule is CC(=O)NC1[C@H](OP(=O)(O)O)[C@H](OP(=O)(O)O)C(OP(=O)(O)O)[C@H](OP(=O)(O)O)[C@H]1OP(=O)(O)O. The predicted octanol–water partition coefficient (Wildman–Crippen LogP) is -3.11. The number of phosphoric acid groups is 5. The number of hydrogen-bond acceptors (Lipinski definition) is 11. The van der Waals surface area contributed by atoms with Crippen LogP contribution in [0.25, 0.3) is 0 Å². The largest absolute Gasteiger partial charge is 0.470 e. The van der Waals surface area contributed by atoms with E-state index in [0.29, 0.717) is 6.92 Å². The monoisotopic (exact) mass is 621 g/mol. The third-order valence-electron chi connectivity index (χ3n) is 3.67. The zero-order valence-corrected chi connectivity index (χ0v) is 21.1. The van der Waals surface area contributed by atoms with E-state index < -0.39 is 81.6 Å². The quantitative estimate of drug-likeness (QED) is 0.102. The second-order valence-corrected chi connectivity index (χ2v) is 12.5. The Labute approximate surface area is 193 Å². The molecular weight excluding hydrogens is 601 g/mol.